The molecule has 1 unspecified atom stereocenters. The molecule has 1 atom stereocenters. The summed E-state index contributed by atoms with van der Waals surface area (Å²) in [5, 5.41) is 2.82. The number of rotatable bonds is 10. The van der Waals surface area contributed by atoms with Crippen LogP contribution in [0.3, 0.4) is 0 Å². The van der Waals surface area contributed by atoms with Gasteiger partial charge in [0, 0.05) is 18.7 Å². The first-order valence-corrected chi connectivity index (χ1v) is 14.7. The number of nitrogens with one attached hydrogen (secondary N) is 1. The number of carbonyl (C=O) groups is 2. The van der Waals surface area contributed by atoms with Crippen LogP contribution in [0.15, 0.2) is 71.6 Å². The van der Waals surface area contributed by atoms with Crippen LogP contribution < -0.4 is 19.1 Å². The Morgan fingerprint density at radius 2 is 1.61 bits per heavy atom. The number of ether oxygens (including phenoxy) is 2. The first kappa shape index (κ1) is 29.9. The van der Waals surface area contributed by atoms with Crippen LogP contribution >= 0.6 is 0 Å². The normalized spacial score (nSPS) is 13.4. The van der Waals surface area contributed by atoms with Gasteiger partial charge in [0.25, 0.3) is 10.0 Å². The number of nitrogens with zero attached hydrogens (tertiary/aromatic N) is 2. The van der Waals surface area contributed by atoms with Crippen molar-refractivity contribution in [2.45, 2.75) is 51.2 Å². The summed E-state index contributed by atoms with van der Waals surface area (Å²) in [5.41, 5.74) is 1.82. The van der Waals surface area contributed by atoms with Crippen molar-refractivity contribution in [1.82, 2.24) is 10.2 Å². The lowest BCUT2D eigenvalue weighted by Crippen LogP contribution is -2.52. The van der Waals surface area contributed by atoms with E-state index < -0.39 is 34.3 Å². The van der Waals surface area contributed by atoms with Crippen LogP contribution in [0, 0.1) is 12.7 Å². The molecule has 218 valence electrons. The molecule has 4 rings (SSSR count). The van der Waals surface area contributed by atoms with Crippen molar-refractivity contribution in [2.24, 2.45) is 0 Å². The Labute approximate surface area is 239 Å². The summed E-state index contributed by atoms with van der Waals surface area (Å²) in [6, 6.07) is 15.4. The third-order valence-corrected chi connectivity index (χ3v) is 8.47. The molecule has 0 aliphatic carbocycles. The van der Waals surface area contributed by atoms with Gasteiger partial charge in [-0.2, -0.15) is 0 Å². The van der Waals surface area contributed by atoms with Crippen LogP contribution in [0.1, 0.15) is 31.9 Å². The molecule has 3 aromatic rings. The van der Waals surface area contributed by atoms with Gasteiger partial charge in [0.05, 0.1) is 10.6 Å². The van der Waals surface area contributed by atoms with E-state index in [0.29, 0.717) is 12.4 Å². The molecule has 9 nitrogen and oxygen atoms in total. The van der Waals surface area contributed by atoms with E-state index in [-0.39, 0.29) is 41.4 Å². The molecule has 0 bridgehead atoms. The topological polar surface area (TPSA) is 105 Å². The molecule has 3 aromatic carbocycles. The Bertz CT molecular complexity index is 1510. The summed E-state index contributed by atoms with van der Waals surface area (Å²) in [5.74, 6) is -0.858. The van der Waals surface area contributed by atoms with E-state index in [9.17, 15) is 22.4 Å². The molecule has 11 heteroatoms. The van der Waals surface area contributed by atoms with Gasteiger partial charge >= 0.3 is 0 Å². The highest BCUT2D eigenvalue weighted by Crippen LogP contribution is 2.34. The van der Waals surface area contributed by atoms with Crippen molar-refractivity contribution in [3.63, 3.8) is 0 Å². The monoisotopic (exact) mass is 583 g/mol. The molecule has 2 amide bonds. The highest BCUT2D eigenvalue weighted by Gasteiger charge is 2.33. The summed E-state index contributed by atoms with van der Waals surface area (Å²) < 4.78 is 53.8. The van der Waals surface area contributed by atoms with Crippen LogP contribution in [0.5, 0.6) is 11.5 Å². The highest BCUT2D eigenvalue weighted by atomic mass is 32.2. The van der Waals surface area contributed by atoms with E-state index >= 15 is 0 Å². The van der Waals surface area contributed by atoms with Gasteiger partial charge in [0.2, 0.25) is 11.8 Å². The summed E-state index contributed by atoms with van der Waals surface area (Å²) in [6.45, 7) is 7.19. The Balaban J connectivity index is 1.73. The van der Waals surface area contributed by atoms with Crippen molar-refractivity contribution in [3.8, 4) is 11.5 Å². The molecule has 0 fully saturated rings. The Morgan fingerprint density at radius 3 is 2.27 bits per heavy atom. The standard InChI is InChI=1S/C30H34FN3O6S/c1-20(2)32-30(36)22(4)33(18-23-8-6-5-7-21(23)3)29(35)19-34(25-11-9-24(31)10-12-25)41(37,38)26-13-14-27-28(17-26)40-16-15-39-27/h5-14,17,20,22H,15-16,18-19H2,1-4H3,(H,32,36). The van der Waals surface area contributed by atoms with Crippen molar-refractivity contribution < 1.29 is 31.9 Å². The van der Waals surface area contributed by atoms with Crippen LogP contribution in [0.4, 0.5) is 10.1 Å². The molecule has 1 aliphatic rings. The lowest BCUT2D eigenvalue weighted by molar-refractivity contribution is -0.139. The first-order valence-electron chi connectivity index (χ1n) is 13.3. The minimum Gasteiger partial charge on any atom is -0.486 e. The van der Waals surface area contributed by atoms with Crippen LogP contribution in [0.2, 0.25) is 0 Å². The van der Waals surface area contributed by atoms with Crippen LogP contribution in [0.25, 0.3) is 0 Å². The van der Waals surface area contributed by atoms with Crippen molar-refractivity contribution in [1.29, 1.82) is 0 Å². The zero-order valence-corrected chi connectivity index (χ0v) is 24.3. The Kier molecular flexibility index (Phi) is 9.17. The lowest BCUT2D eigenvalue weighted by Gasteiger charge is -2.32. The predicted octanol–water partition coefficient (Wildman–Crippen LogP) is 4.04. The smallest absolute Gasteiger partial charge is 0.264 e. The SMILES string of the molecule is Cc1ccccc1CN(C(=O)CN(c1ccc(F)cc1)S(=O)(=O)c1ccc2c(c1)OCCO2)C(C)C(=O)NC(C)C. The van der Waals surface area contributed by atoms with E-state index in [2.05, 4.69) is 5.32 Å². The number of benzene rings is 3. The third kappa shape index (κ3) is 6.97. The average Bonchev–Trinajstić information content (AvgIpc) is 2.95. The summed E-state index contributed by atoms with van der Waals surface area (Å²) >= 11 is 0. The zero-order valence-electron chi connectivity index (χ0n) is 23.5. The first-order chi connectivity index (χ1) is 19.5. The minimum atomic E-state index is -4.35. The molecule has 1 aliphatic heterocycles. The molecule has 0 spiro atoms. The fourth-order valence-corrected chi connectivity index (χ4v) is 5.84. The summed E-state index contributed by atoms with van der Waals surface area (Å²) in [7, 11) is -4.35. The van der Waals surface area contributed by atoms with Gasteiger partial charge in [-0.1, -0.05) is 24.3 Å². The molecule has 1 heterocycles. The average molecular weight is 584 g/mol. The Hall–Kier alpha value is -4.12. The second kappa shape index (κ2) is 12.6. The van der Waals surface area contributed by atoms with Crippen LogP contribution in [-0.4, -0.2) is 57.0 Å². The van der Waals surface area contributed by atoms with E-state index in [1.165, 1.54) is 35.2 Å². The largest absolute Gasteiger partial charge is 0.486 e. The van der Waals surface area contributed by atoms with Gasteiger partial charge in [-0.15, -0.1) is 0 Å². The van der Waals surface area contributed by atoms with Crippen molar-refractivity contribution in [3.05, 3.63) is 83.7 Å². The second-order valence-corrected chi connectivity index (χ2v) is 11.9. The number of carbonyl (C=O) groups excluding carboxylic acids is 2. The van der Waals surface area contributed by atoms with Gasteiger partial charge in [0.1, 0.15) is 31.6 Å². The summed E-state index contributed by atoms with van der Waals surface area (Å²) in [4.78, 5) is 28.2. The number of hydrogen-bond donors (Lipinski definition) is 1. The van der Waals surface area contributed by atoms with E-state index in [0.717, 1.165) is 27.6 Å². The molecule has 0 radical (unpaired) electrons. The number of anilines is 1. The van der Waals surface area contributed by atoms with Crippen molar-refractivity contribution >= 4 is 27.5 Å². The number of aryl methyl sites for hydroxylation is 1. The molecule has 0 saturated heterocycles. The number of sulfonamides is 1. The van der Waals surface area contributed by atoms with Crippen molar-refractivity contribution in [2.75, 3.05) is 24.1 Å². The molecular weight excluding hydrogens is 549 g/mol. The van der Waals surface area contributed by atoms with Gasteiger partial charge in [-0.3, -0.25) is 13.9 Å². The fourth-order valence-electron chi connectivity index (χ4n) is 4.41. The summed E-state index contributed by atoms with van der Waals surface area (Å²) in [6.07, 6.45) is 0. The molecule has 1 N–H and O–H groups in total. The number of fused-ring (bicyclic) bond motifs is 1. The predicted molar refractivity (Wildman–Crippen MR) is 153 cm³/mol. The minimum absolute atomic E-state index is 0.0829. The number of halogens is 1. The second-order valence-electron chi connectivity index (χ2n) is 10.1. The molecule has 0 aromatic heterocycles. The zero-order chi connectivity index (χ0) is 29.7. The van der Waals surface area contributed by atoms with E-state index in [1.807, 2.05) is 45.0 Å². The molecule has 41 heavy (non-hydrogen) atoms. The maximum Gasteiger partial charge on any atom is 0.264 e. The highest BCUT2D eigenvalue weighted by molar-refractivity contribution is 7.92. The number of amides is 2. The van der Waals surface area contributed by atoms with E-state index in [4.69, 9.17) is 9.47 Å². The number of hydrogen-bond acceptors (Lipinski definition) is 6. The van der Waals surface area contributed by atoms with E-state index in [1.54, 1.807) is 6.92 Å². The maximum absolute atomic E-state index is 14.0. The van der Waals surface area contributed by atoms with Gasteiger partial charge in [0.15, 0.2) is 11.5 Å². The van der Waals surface area contributed by atoms with Gasteiger partial charge in [-0.05, 0) is 75.2 Å². The fraction of sp³-hybridized carbons (Fsp3) is 0.333. The van der Waals surface area contributed by atoms with Gasteiger partial charge in [-0.25, -0.2) is 12.8 Å². The third-order valence-electron chi connectivity index (χ3n) is 6.70. The van der Waals surface area contributed by atoms with Crippen LogP contribution in [-0.2, 0) is 26.2 Å². The lowest BCUT2D eigenvalue weighted by atomic mass is 10.1. The molecule has 0 saturated carbocycles. The quantitative estimate of drug-likeness (QED) is 0.386. The van der Waals surface area contributed by atoms with Gasteiger partial charge < -0.3 is 19.7 Å². The molecular formula is C30H34FN3O6S. The Morgan fingerprint density at radius 1 is 0.951 bits per heavy atom. The maximum atomic E-state index is 14.0.